The summed E-state index contributed by atoms with van der Waals surface area (Å²) in [7, 11) is 0. The van der Waals surface area contributed by atoms with Crippen LogP contribution < -0.4 is 16.4 Å². The molecule has 206 valence electrons. The van der Waals surface area contributed by atoms with Gasteiger partial charge in [-0.3, -0.25) is 19.2 Å². The molecule has 4 atom stereocenters. The van der Waals surface area contributed by atoms with Crippen molar-refractivity contribution < 1.29 is 34.2 Å². The van der Waals surface area contributed by atoms with Crippen LogP contribution in [0.4, 0.5) is 0 Å². The third-order valence-corrected chi connectivity index (χ3v) is 6.79. The van der Waals surface area contributed by atoms with Crippen LogP contribution in [0.1, 0.15) is 45.1 Å². The lowest BCUT2D eigenvalue weighted by atomic mass is 10.0. The van der Waals surface area contributed by atoms with E-state index in [9.17, 15) is 29.1 Å². The first-order valence-corrected chi connectivity index (χ1v) is 12.7. The van der Waals surface area contributed by atoms with E-state index in [1.807, 2.05) is 24.3 Å². The number of carboxylic acids is 2. The summed E-state index contributed by atoms with van der Waals surface area (Å²) in [5, 5.41) is 24.5. The number of amides is 3. The van der Waals surface area contributed by atoms with Crippen molar-refractivity contribution in [1.29, 1.82) is 0 Å². The maximum Gasteiger partial charge on any atom is 0.326 e. The van der Waals surface area contributed by atoms with Crippen LogP contribution in [0.2, 0.25) is 0 Å². The first kappa shape index (κ1) is 28.6. The van der Waals surface area contributed by atoms with Crippen LogP contribution in [0.5, 0.6) is 0 Å². The minimum Gasteiger partial charge on any atom is -0.481 e. The highest BCUT2D eigenvalue weighted by Crippen LogP contribution is 2.23. The number of nitrogens with one attached hydrogen (secondary N) is 3. The van der Waals surface area contributed by atoms with Gasteiger partial charge in [0.15, 0.2) is 0 Å². The molecule has 1 aromatic heterocycles. The number of likely N-dealkylation sites (tertiary alicyclic amines) is 1. The van der Waals surface area contributed by atoms with Gasteiger partial charge in [0, 0.05) is 36.5 Å². The Balaban J connectivity index is 1.83. The molecular weight excluding hydrogens is 494 g/mol. The summed E-state index contributed by atoms with van der Waals surface area (Å²) in [6, 6.07) is 3.28. The summed E-state index contributed by atoms with van der Waals surface area (Å²) < 4.78 is 0. The Morgan fingerprint density at radius 1 is 1.13 bits per heavy atom. The second kappa shape index (κ2) is 12.5. The molecule has 7 N–H and O–H groups in total. The van der Waals surface area contributed by atoms with Crippen molar-refractivity contribution >= 4 is 40.6 Å². The van der Waals surface area contributed by atoms with Gasteiger partial charge in [0.2, 0.25) is 17.7 Å². The Morgan fingerprint density at radius 2 is 1.84 bits per heavy atom. The minimum absolute atomic E-state index is 0.102. The molecule has 12 heteroatoms. The van der Waals surface area contributed by atoms with Crippen molar-refractivity contribution in [3.8, 4) is 0 Å². The molecule has 1 aliphatic rings. The van der Waals surface area contributed by atoms with E-state index in [-0.39, 0.29) is 31.7 Å². The van der Waals surface area contributed by atoms with Crippen LogP contribution in [-0.4, -0.2) is 80.5 Å². The molecule has 0 spiro atoms. The van der Waals surface area contributed by atoms with E-state index in [0.717, 1.165) is 16.5 Å². The predicted octanol–water partition coefficient (Wildman–Crippen LogP) is 0.604. The van der Waals surface area contributed by atoms with Gasteiger partial charge in [-0.1, -0.05) is 32.0 Å². The van der Waals surface area contributed by atoms with E-state index in [4.69, 9.17) is 10.8 Å². The average molecular weight is 530 g/mol. The number of H-pyrrole nitrogens is 1. The van der Waals surface area contributed by atoms with Gasteiger partial charge >= 0.3 is 11.9 Å². The summed E-state index contributed by atoms with van der Waals surface area (Å²) >= 11 is 0. The summed E-state index contributed by atoms with van der Waals surface area (Å²) in [6.07, 6.45) is 2.34. The van der Waals surface area contributed by atoms with E-state index >= 15 is 0 Å². The zero-order valence-corrected chi connectivity index (χ0v) is 21.5. The largest absolute Gasteiger partial charge is 0.481 e. The van der Waals surface area contributed by atoms with Crippen molar-refractivity contribution in [1.82, 2.24) is 20.5 Å². The Bertz CT molecular complexity index is 1190. The number of carbonyl (C=O) groups excluding carboxylic acids is 3. The zero-order chi connectivity index (χ0) is 28.0. The average Bonchev–Trinajstić information content (AvgIpc) is 3.52. The quantitative estimate of drug-likeness (QED) is 0.230. The molecule has 0 aliphatic carbocycles. The number of carboxylic acid groups (broad SMARTS) is 2. The van der Waals surface area contributed by atoms with E-state index in [2.05, 4.69) is 15.6 Å². The lowest BCUT2D eigenvalue weighted by molar-refractivity contribution is -0.146. The van der Waals surface area contributed by atoms with Crippen molar-refractivity contribution in [2.24, 2.45) is 11.7 Å². The van der Waals surface area contributed by atoms with E-state index in [1.165, 1.54) is 4.90 Å². The van der Waals surface area contributed by atoms with Gasteiger partial charge in [0.25, 0.3) is 0 Å². The Hall–Kier alpha value is -3.93. The second-order valence-electron chi connectivity index (χ2n) is 9.92. The van der Waals surface area contributed by atoms with Gasteiger partial charge < -0.3 is 36.5 Å². The molecule has 1 aromatic carbocycles. The Labute approximate surface area is 219 Å². The number of nitrogens with two attached hydrogens (primary N) is 1. The molecule has 38 heavy (non-hydrogen) atoms. The SMILES string of the molecule is CC(C)C(NC(=O)C1CCCN1C(=O)C(Cc1c[nH]c2ccccc12)NC(=O)C(N)CCC(=O)O)C(=O)O. The van der Waals surface area contributed by atoms with Gasteiger partial charge in [-0.05, 0) is 36.8 Å². The molecule has 1 saturated heterocycles. The molecule has 4 unspecified atom stereocenters. The fraction of sp³-hybridized carbons (Fsp3) is 0.500. The Kier molecular flexibility index (Phi) is 9.45. The lowest BCUT2D eigenvalue weighted by Gasteiger charge is -2.30. The number of aliphatic carboxylic acids is 2. The van der Waals surface area contributed by atoms with Crippen LogP contribution >= 0.6 is 0 Å². The number of rotatable bonds is 12. The predicted molar refractivity (Wildman–Crippen MR) is 138 cm³/mol. The van der Waals surface area contributed by atoms with E-state index in [0.29, 0.717) is 12.8 Å². The van der Waals surface area contributed by atoms with Crippen LogP contribution in [-0.2, 0) is 30.4 Å². The number of aromatic amines is 1. The number of hydrogen-bond acceptors (Lipinski definition) is 6. The highest BCUT2D eigenvalue weighted by atomic mass is 16.4. The normalized spacial score (nSPS) is 17.7. The van der Waals surface area contributed by atoms with Crippen LogP contribution in [0.15, 0.2) is 30.5 Å². The number of hydrogen-bond donors (Lipinski definition) is 6. The minimum atomic E-state index is -1.16. The molecule has 1 aliphatic heterocycles. The Morgan fingerprint density at radius 3 is 2.50 bits per heavy atom. The fourth-order valence-corrected chi connectivity index (χ4v) is 4.68. The van der Waals surface area contributed by atoms with Gasteiger partial charge in [-0.15, -0.1) is 0 Å². The monoisotopic (exact) mass is 529 g/mol. The maximum atomic E-state index is 13.8. The molecule has 0 radical (unpaired) electrons. The number of para-hydroxylation sites is 1. The first-order chi connectivity index (χ1) is 18.0. The zero-order valence-electron chi connectivity index (χ0n) is 21.5. The fourth-order valence-electron chi connectivity index (χ4n) is 4.68. The third-order valence-electron chi connectivity index (χ3n) is 6.79. The molecular formula is C26H35N5O7. The third kappa shape index (κ3) is 6.88. The van der Waals surface area contributed by atoms with Crippen LogP contribution in [0.25, 0.3) is 10.9 Å². The first-order valence-electron chi connectivity index (χ1n) is 12.7. The summed E-state index contributed by atoms with van der Waals surface area (Å²) in [5.74, 6) is -4.34. The number of benzene rings is 1. The second-order valence-corrected chi connectivity index (χ2v) is 9.92. The van der Waals surface area contributed by atoms with Gasteiger partial charge in [0.1, 0.15) is 18.1 Å². The maximum absolute atomic E-state index is 13.8. The van der Waals surface area contributed by atoms with Crippen molar-refractivity contribution in [2.75, 3.05) is 6.54 Å². The molecule has 0 bridgehead atoms. The summed E-state index contributed by atoms with van der Waals surface area (Å²) in [5.41, 5.74) is 7.51. The number of carbonyl (C=O) groups is 5. The molecule has 2 heterocycles. The van der Waals surface area contributed by atoms with Crippen LogP contribution in [0.3, 0.4) is 0 Å². The van der Waals surface area contributed by atoms with E-state index in [1.54, 1.807) is 20.0 Å². The number of nitrogens with zero attached hydrogens (tertiary/aromatic N) is 1. The summed E-state index contributed by atoms with van der Waals surface area (Å²) in [6.45, 7) is 3.62. The summed E-state index contributed by atoms with van der Waals surface area (Å²) in [4.78, 5) is 66.6. The topological polar surface area (TPSA) is 195 Å². The van der Waals surface area contributed by atoms with Crippen molar-refractivity contribution in [3.05, 3.63) is 36.0 Å². The lowest BCUT2D eigenvalue weighted by Crippen LogP contribution is -2.57. The van der Waals surface area contributed by atoms with Crippen molar-refractivity contribution in [3.63, 3.8) is 0 Å². The van der Waals surface area contributed by atoms with Gasteiger partial charge in [0.05, 0.1) is 6.04 Å². The van der Waals surface area contributed by atoms with E-state index < -0.39 is 53.8 Å². The molecule has 2 aromatic rings. The van der Waals surface area contributed by atoms with Crippen molar-refractivity contribution in [2.45, 2.75) is 70.1 Å². The standard InChI is InChI=1S/C26H35N5O7/c1-14(2)22(26(37)38)30-24(35)20-8-5-11-31(20)25(36)19(29-23(34)17(27)9-10-21(32)33)12-15-13-28-18-7-4-3-6-16(15)18/h3-4,6-7,13-14,17,19-20,22,28H,5,8-12,27H2,1-2H3,(H,29,34)(H,30,35)(H,32,33)(H,37,38). The molecule has 3 rings (SSSR count). The smallest absolute Gasteiger partial charge is 0.326 e. The molecule has 3 amide bonds. The number of fused-ring (bicyclic) bond motifs is 1. The molecule has 12 nitrogen and oxygen atoms in total. The highest BCUT2D eigenvalue weighted by molar-refractivity contribution is 5.95. The highest BCUT2D eigenvalue weighted by Gasteiger charge is 2.39. The molecule has 1 fully saturated rings. The number of aromatic nitrogens is 1. The van der Waals surface area contributed by atoms with Gasteiger partial charge in [-0.2, -0.15) is 0 Å². The van der Waals surface area contributed by atoms with Gasteiger partial charge in [-0.25, -0.2) is 4.79 Å². The molecule has 0 saturated carbocycles. The van der Waals surface area contributed by atoms with Crippen LogP contribution in [0, 0.1) is 5.92 Å².